The number of benzene rings is 2. The Hall–Kier alpha value is -3.38. The first-order valence-electron chi connectivity index (χ1n) is 12.4. The number of pyridine rings is 1. The van der Waals surface area contributed by atoms with Gasteiger partial charge in [-0.2, -0.15) is 0 Å². The molecule has 2 aliphatic rings. The van der Waals surface area contributed by atoms with Gasteiger partial charge in [-0.05, 0) is 51.0 Å². The number of hydrogen-bond donors (Lipinski definition) is 1. The second kappa shape index (κ2) is 8.44. The lowest BCUT2D eigenvalue weighted by atomic mass is 10.1. The standard InChI is InChI=1S/C28H32N6/c1-19(2)32-17-24-15-23(32)18-33(24)28-25-11-7-8-12-26(25)34(31-28)22-13-14-29-27(16-22)30-20(3)21-9-5-4-6-10-21/h4-14,16,19-20,23-24H,15,17-18H2,1-3H3,(H,29,30). The Morgan fingerprint density at radius 1 is 0.912 bits per heavy atom. The minimum Gasteiger partial charge on any atom is -0.363 e. The van der Waals surface area contributed by atoms with E-state index < -0.39 is 0 Å². The maximum Gasteiger partial charge on any atom is 0.159 e. The molecule has 34 heavy (non-hydrogen) atoms. The predicted molar refractivity (Wildman–Crippen MR) is 139 cm³/mol. The van der Waals surface area contributed by atoms with Crippen LogP contribution in [-0.2, 0) is 0 Å². The molecule has 2 fully saturated rings. The number of likely N-dealkylation sites (tertiary alicyclic amines) is 1. The lowest BCUT2D eigenvalue weighted by molar-refractivity contribution is 0.191. The van der Waals surface area contributed by atoms with Gasteiger partial charge in [-0.25, -0.2) is 9.67 Å². The number of piperazine rings is 1. The predicted octanol–water partition coefficient (Wildman–Crippen LogP) is 5.26. The first-order valence-corrected chi connectivity index (χ1v) is 12.4. The van der Waals surface area contributed by atoms with E-state index in [0.29, 0.717) is 18.1 Å². The molecule has 4 aromatic rings. The van der Waals surface area contributed by atoms with E-state index in [-0.39, 0.29) is 6.04 Å². The van der Waals surface area contributed by atoms with E-state index in [1.165, 1.54) is 17.4 Å². The average molecular weight is 453 g/mol. The Morgan fingerprint density at radius 2 is 1.71 bits per heavy atom. The summed E-state index contributed by atoms with van der Waals surface area (Å²) in [6, 6.07) is 25.1. The van der Waals surface area contributed by atoms with Crippen molar-refractivity contribution in [2.24, 2.45) is 0 Å². The van der Waals surface area contributed by atoms with E-state index >= 15 is 0 Å². The highest BCUT2D eigenvalue weighted by Gasteiger charge is 2.45. The van der Waals surface area contributed by atoms with Crippen molar-refractivity contribution in [3.05, 3.63) is 78.5 Å². The van der Waals surface area contributed by atoms with Crippen molar-refractivity contribution < 1.29 is 0 Å². The van der Waals surface area contributed by atoms with Crippen LogP contribution in [0, 0.1) is 0 Å². The average Bonchev–Trinajstić information content (AvgIpc) is 3.57. The molecule has 2 aromatic carbocycles. The Morgan fingerprint density at radius 3 is 2.47 bits per heavy atom. The maximum absolute atomic E-state index is 5.18. The zero-order chi connectivity index (χ0) is 23.2. The van der Waals surface area contributed by atoms with Crippen LogP contribution in [0.3, 0.4) is 0 Å². The molecule has 4 heterocycles. The summed E-state index contributed by atoms with van der Waals surface area (Å²) in [6.07, 6.45) is 3.10. The van der Waals surface area contributed by atoms with Gasteiger partial charge in [-0.3, -0.25) is 4.90 Å². The molecule has 6 heteroatoms. The highest BCUT2D eigenvalue weighted by Crippen LogP contribution is 2.38. The molecule has 0 radical (unpaired) electrons. The van der Waals surface area contributed by atoms with Crippen LogP contribution in [0.2, 0.25) is 0 Å². The number of rotatable bonds is 6. The summed E-state index contributed by atoms with van der Waals surface area (Å²) in [5.41, 5.74) is 3.39. The van der Waals surface area contributed by atoms with Crippen LogP contribution in [0.4, 0.5) is 11.6 Å². The van der Waals surface area contributed by atoms with Gasteiger partial charge in [0, 0.05) is 54.9 Å². The van der Waals surface area contributed by atoms with Crippen molar-refractivity contribution in [2.75, 3.05) is 23.3 Å². The zero-order valence-corrected chi connectivity index (χ0v) is 20.1. The molecule has 3 unspecified atom stereocenters. The van der Waals surface area contributed by atoms with Crippen molar-refractivity contribution in [3.8, 4) is 5.69 Å². The molecule has 0 aliphatic carbocycles. The van der Waals surface area contributed by atoms with E-state index in [4.69, 9.17) is 5.10 Å². The summed E-state index contributed by atoms with van der Waals surface area (Å²) in [6.45, 7) is 8.96. The maximum atomic E-state index is 5.18. The fraction of sp³-hybridized carbons (Fsp3) is 0.357. The van der Waals surface area contributed by atoms with Crippen molar-refractivity contribution in [2.45, 2.75) is 51.4 Å². The largest absolute Gasteiger partial charge is 0.363 e. The summed E-state index contributed by atoms with van der Waals surface area (Å²) >= 11 is 0. The van der Waals surface area contributed by atoms with Crippen LogP contribution in [0.5, 0.6) is 0 Å². The van der Waals surface area contributed by atoms with E-state index in [1.807, 2.05) is 18.3 Å². The summed E-state index contributed by atoms with van der Waals surface area (Å²) in [7, 11) is 0. The Kier molecular flexibility index (Phi) is 5.26. The van der Waals surface area contributed by atoms with Crippen molar-refractivity contribution >= 4 is 22.5 Å². The smallest absolute Gasteiger partial charge is 0.159 e. The van der Waals surface area contributed by atoms with Crippen LogP contribution < -0.4 is 10.2 Å². The third-order valence-electron chi connectivity index (χ3n) is 7.44. The molecule has 0 spiro atoms. The van der Waals surface area contributed by atoms with Crippen LogP contribution in [0.1, 0.15) is 38.8 Å². The van der Waals surface area contributed by atoms with Gasteiger partial charge in [-0.15, -0.1) is 5.10 Å². The SMILES string of the molecule is CC(Nc1cc(-n2nc(N3CC4CC3CN4C(C)C)c3ccccc32)ccn1)c1ccccc1. The van der Waals surface area contributed by atoms with Gasteiger partial charge in [-0.1, -0.05) is 42.5 Å². The summed E-state index contributed by atoms with van der Waals surface area (Å²) < 4.78 is 2.08. The minimum atomic E-state index is 0.165. The van der Waals surface area contributed by atoms with Crippen molar-refractivity contribution in [1.29, 1.82) is 0 Å². The first kappa shape index (κ1) is 21.2. The van der Waals surface area contributed by atoms with Gasteiger partial charge in [0.15, 0.2) is 5.82 Å². The fourth-order valence-electron chi connectivity index (χ4n) is 5.73. The second-order valence-electron chi connectivity index (χ2n) is 9.91. The molecule has 6 nitrogen and oxygen atoms in total. The molecule has 174 valence electrons. The molecule has 2 aromatic heterocycles. The number of nitrogens with one attached hydrogen (secondary N) is 1. The van der Waals surface area contributed by atoms with E-state index in [0.717, 1.165) is 35.9 Å². The Labute approximate surface area is 201 Å². The molecular weight excluding hydrogens is 420 g/mol. The quantitative estimate of drug-likeness (QED) is 0.432. The van der Waals surface area contributed by atoms with Crippen LogP contribution in [0.15, 0.2) is 72.9 Å². The fourth-order valence-corrected chi connectivity index (χ4v) is 5.73. The van der Waals surface area contributed by atoms with Gasteiger partial charge < -0.3 is 10.2 Å². The number of hydrogen-bond acceptors (Lipinski definition) is 5. The lowest BCUT2D eigenvalue weighted by Gasteiger charge is -2.36. The van der Waals surface area contributed by atoms with Gasteiger partial charge in [0.25, 0.3) is 0 Å². The zero-order valence-electron chi connectivity index (χ0n) is 20.1. The first-order chi connectivity index (χ1) is 16.6. The van der Waals surface area contributed by atoms with Crippen LogP contribution >= 0.6 is 0 Å². The topological polar surface area (TPSA) is 49.2 Å². The van der Waals surface area contributed by atoms with Crippen LogP contribution in [0.25, 0.3) is 16.6 Å². The molecule has 2 saturated heterocycles. The number of fused-ring (bicyclic) bond motifs is 3. The van der Waals surface area contributed by atoms with Crippen molar-refractivity contribution in [3.63, 3.8) is 0 Å². The highest BCUT2D eigenvalue weighted by molar-refractivity contribution is 5.92. The summed E-state index contributed by atoms with van der Waals surface area (Å²) in [4.78, 5) is 9.77. The van der Waals surface area contributed by atoms with E-state index in [9.17, 15) is 0 Å². The number of aromatic nitrogens is 3. The molecule has 2 bridgehead atoms. The molecule has 3 atom stereocenters. The van der Waals surface area contributed by atoms with Gasteiger partial charge in [0.05, 0.1) is 11.2 Å². The molecule has 0 saturated carbocycles. The molecule has 6 rings (SSSR count). The molecular formula is C28H32N6. The van der Waals surface area contributed by atoms with E-state index in [1.54, 1.807) is 0 Å². The van der Waals surface area contributed by atoms with Crippen molar-refractivity contribution in [1.82, 2.24) is 19.7 Å². The molecule has 0 amide bonds. The third kappa shape index (κ3) is 3.62. The normalized spacial score (nSPS) is 21.0. The monoisotopic (exact) mass is 452 g/mol. The van der Waals surface area contributed by atoms with Gasteiger partial charge >= 0.3 is 0 Å². The van der Waals surface area contributed by atoms with Gasteiger partial charge in [0.2, 0.25) is 0 Å². The second-order valence-corrected chi connectivity index (χ2v) is 9.91. The number of anilines is 2. The third-order valence-corrected chi connectivity index (χ3v) is 7.44. The molecule has 1 N–H and O–H groups in total. The minimum absolute atomic E-state index is 0.165. The lowest BCUT2D eigenvalue weighted by Crippen LogP contribution is -2.49. The summed E-state index contributed by atoms with van der Waals surface area (Å²) in [5.74, 6) is 1.96. The number of para-hydroxylation sites is 1. The van der Waals surface area contributed by atoms with E-state index in [2.05, 4.69) is 100 Å². The molecule has 2 aliphatic heterocycles. The Balaban J connectivity index is 1.32. The summed E-state index contributed by atoms with van der Waals surface area (Å²) in [5, 5.41) is 9.94. The number of nitrogens with zero attached hydrogens (tertiary/aromatic N) is 5. The highest BCUT2D eigenvalue weighted by atomic mass is 15.4. The Bertz CT molecular complexity index is 1300. The van der Waals surface area contributed by atoms with Gasteiger partial charge in [0.1, 0.15) is 5.82 Å². The van der Waals surface area contributed by atoms with Crippen LogP contribution in [-0.4, -0.2) is 50.9 Å².